The van der Waals surface area contributed by atoms with E-state index in [9.17, 15) is 9.59 Å². The lowest BCUT2D eigenvalue weighted by Gasteiger charge is -2.21. The van der Waals surface area contributed by atoms with Crippen LogP contribution in [0.2, 0.25) is 0 Å². The highest BCUT2D eigenvalue weighted by atomic mass is 32.1. The molecule has 0 aliphatic carbocycles. The summed E-state index contributed by atoms with van der Waals surface area (Å²) in [6.45, 7) is 0.341. The summed E-state index contributed by atoms with van der Waals surface area (Å²) in [7, 11) is 0. The molecule has 0 unspecified atom stereocenters. The van der Waals surface area contributed by atoms with Crippen molar-refractivity contribution in [2.75, 3.05) is 4.90 Å². The molecule has 0 spiro atoms. The van der Waals surface area contributed by atoms with E-state index in [1.807, 2.05) is 11.4 Å². The van der Waals surface area contributed by atoms with Crippen LogP contribution in [-0.4, -0.2) is 17.0 Å². The molecular formula is C14H13NO3S2. The molecule has 0 radical (unpaired) electrons. The maximum absolute atomic E-state index is 12.3. The number of hydrogen-bond acceptors (Lipinski definition) is 4. The highest BCUT2D eigenvalue weighted by Crippen LogP contribution is 2.33. The van der Waals surface area contributed by atoms with Gasteiger partial charge in [-0.1, -0.05) is 0 Å². The van der Waals surface area contributed by atoms with E-state index in [2.05, 4.69) is 0 Å². The van der Waals surface area contributed by atoms with E-state index in [1.165, 1.54) is 16.2 Å². The summed E-state index contributed by atoms with van der Waals surface area (Å²) < 4.78 is 0. The Morgan fingerprint density at radius 2 is 2.05 bits per heavy atom. The third-order valence-electron chi connectivity index (χ3n) is 3.38. The maximum Gasteiger partial charge on any atom is 0.346 e. The molecule has 104 valence electrons. The fraction of sp³-hybridized carbons (Fsp3) is 0.286. The number of amides is 1. The Bertz CT molecular complexity index is 659. The summed E-state index contributed by atoms with van der Waals surface area (Å²) in [5, 5.41) is 12.9. The first-order valence-electron chi connectivity index (χ1n) is 6.33. The third-order valence-corrected chi connectivity index (χ3v) is 5.29. The van der Waals surface area contributed by atoms with Gasteiger partial charge in [0.25, 0.3) is 0 Å². The van der Waals surface area contributed by atoms with Gasteiger partial charge in [0.1, 0.15) is 4.88 Å². The Balaban J connectivity index is 1.95. The van der Waals surface area contributed by atoms with Crippen molar-refractivity contribution in [1.29, 1.82) is 0 Å². The number of thiophene rings is 2. The van der Waals surface area contributed by atoms with E-state index in [4.69, 9.17) is 5.11 Å². The molecule has 3 heterocycles. The van der Waals surface area contributed by atoms with Crippen LogP contribution in [0.5, 0.6) is 0 Å². The van der Waals surface area contributed by atoms with Crippen molar-refractivity contribution < 1.29 is 14.7 Å². The Kier molecular flexibility index (Phi) is 3.58. The molecule has 6 heteroatoms. The zero-order valence-electron chi connectivity index (χ0n) is 10.7. The van der Waals surface area contributed by atoms with Gasteiger partial charge in [0.05, 0.1) is 12.2 Å². The molecule has 0 atom stereocenters. The number of carbonyl (C=O) groups is 2. The lowest BCUT2D eigenvalue weighted by molar-refractivity contribution is -0.118. The maximum atomic E-state index is 12.3. The predicted molar refractivity (Wildman–Crippen MR) is 79.7 cm³/mol. The molecule has 1 N–H and O–H groups in total. The molecule has 2 aromatic rings. The van der Waals surface area contributed by atoms with Gasteiger partial charge in [-0.2, -0.15) is 0 Å². The lowest BCUT2D eigenvalue weighted by atomic mass is 10.2. The van der Waals surface area contributed by atoms with Crippen LogP contribution in [0.1, 0.15) is 33.0 Å². The minimum Gasteiger partial charge on any atom is -0.477 e. The fourth-order valence-corrected chi connectivity index (χ4v) is 4.10. The first-order valence-corrected chi connectivity index (χ1v) is 8.09. The van der Waals surface area contributed by atoms with Gasteiger partial charge in [0.15, 0.2) is 0 Å². The first-order chi connectivity index (χ1) is 9.66. The molecule has 20 heavy (non-hydrogen) atoms. The predicted octanol–water partition coefficient (Wildman–Crippen LogP) is 3.38. The largest absolute Gasteiger partial charge is 0.477 e. The molecule has 3 rings (SSSR count). The molecule has 0 saturated carbocycles. The Labute approximate surface area is 124 Å². The van der Waals surface area contributed by atoms with Crippen molar-refractivity contribution in [1.82, 2.24) is 0 Å². The van der Waals surface area contributed by atoms with Crippen molar-refractivity contribution in [2.45, 2.75) is 25.8 Å². The van der Waals surface area contributed by atoms with E-state index >= 15 is 0 Å². The fourth-order valence-electron chi connectivity index (χ4n) is 2.42. The minimum atomic E-state index is -0.928. The summed E-state index contributed by atoms with van der Waals surface area (Å²) in [5.74, 6) is -0.854. The van der Waals surface area contributed by atoms with Gasteiger partial charge < -0.3 is 10.0 Å². The van der Waals surface area contributed by atoms with Gasteiger partial charge in [-0.3, -0.25) is 4.79 Å². The van der Waals surface area contributed by atoms with Crippen LogP contribution in [0.15, 0.2) is 22.9 Å². The van der Waals surface area contributed by atoms with Crippen molar-refractivity contribution in [2.24, 2.45) is 0 Å². The van der Waals surface area contributed by atoms with Crippen molar-refractivity contribution in [3.8, 4) is 0 Å². The second kappa shape index (κ2) is 5.38. The van der Waals surface area contributed by atoms with Crippen molar-refractivity contribution >= 4 is 40.2 Å². The van der Waals surface area contributed by atoms with Gasteiger partial charge in [0.2, 0.25) is 5.91 Å². The molecule has 1 aliphatic heterocycles. The topological polar surface area (TPSA) is 57.6 Å². The molecule has 0 bridgehead atoms. The van der Waals surface area contributed by atoms with E-state index in [0.717, 1.165) is 18.5 Å². The van der Waals surface area contributed by atoms with Crippen LogP contribution < -0.4 is 4.90 Å². The number of hydrogen-bond donors (Lipinski definition) is 1. The van der Waals surface area contributed by atoms with Gasteiger partial charge in [-0.15, -0.1) is 22.7 Å². The van der Waals surface area contributed by atoms with Crippen LogP contribution >= 0.6 is 22.7 Å². The number of aryl methyl sites for hydroxylation is 1. The minimum absolute atomic E-state index is 0.0738. The van der Waals surface area contributed by atoms with Crippen LogP contribution in [0.25, 0.3) is 0 Å². The van der Waals surface area contributed by atoms with Crippen LogP contribution in [0, 0.1) is 0 Å². The van der Waals surface area contributed by atoms with Crippen LogP contribution in [0.4, 0.5) is 5.69 Å². The summed E-state index contributed by atoms with van der Waals surface area (Å²) in [6, 6.07) is 3.74. The molecule has 2 aromatic heterocycles. The van der Waals surface area contributed by atoms with Gasteiger partial charge in [0, 0.05) is 11.3 Å². The second-order valence-corrected chi connectivity index (χ2v) is 6.56. The molecular weight excluding hydrogens is 294 g/mol. The van der Waals surface area contributed by atoms with Crippen LogP contribution in [-0.2, 0) is 17.8 Å². The van der Waals surface area contributed by atoms with E-state index < -0.39 is 5.97 Å². The molecule has 1 amide bonds. The number of nitrogens with zero attached hydrogens (tertiary/aromatic N) is 1. The summed E-state index contributed by atoms with van der Waals surface area (Å²) >= 11 is 2.86. The summed E-state index contributed by atoms with van der Waals surface area (Å²) in [6.07, 6.45) is 2.30. The molecule has 0 aromatic carbocycles. The third kappa shape index (κ3) is 2.36. The molecule has 0 saturated heterocycles. The zero-order valence-corrected chi connectivity index (χ0v) is 12.3. The lowest BCUT2D eigenvalue weighted by Crippen LogP contribution is -2.29. The van der Waals surface area contributed by atoms with Gasteiger partial charge in [-0.05, 0) is 41.3 Å². The van der Waals surface area contributed by atoms with E-state index in [-0.39, 0.29) is 5.91 Å². The van der Waals surface area contributed by atoms with E-state index in [1.54, 1.807) is 27.7 Å². The first kappa shape index (κ1) is 13.3. The van der Waals surface area contributed by atoms with E-state index in [0.29, 0.717) is 23.4 Å². The normalized spacial score (nSPS) is 15.0. The highest BCUT2D eigenvalue weighted by Gasteiger charge is 2.25. The number of carbonyl (C=O) groups excluding carboxylic acids is 1. The van der Waals surface area contributed by atoms with Crippen molar-refractivity contribution in [3.05, 3.63) is 38.2 Å². The molecule has 4 nitrogen and oxygen atoms in total. The van der Waals surface area contributed by atoms with Gasteiger partial charge >= 0.3 is 5.97 Å². The Morgan fingerprint density at radius 1 is 1.25 bits per heavy atom. The number of carboxylic acids is 1. The number of aromatic carboxylic acids is 1. The highest BCUT2D eigenvalue weighted by molar-refractivity contribution is 7.12. The quantitative estimate of drug-likeness (QED) is 0.945. The Hall–Kier alpha value is -1.66. The number of fused-ring (bicyclic) bond motifs is 1. The summed E-state index contributed by atoms with van der Waals surface area (Å²) in [4.78, 5) is 26.7. The van der Waals surface area contributed by atoms with Crippen LogP contribution in [0.3, 0.4) is 0 Å². The smallest absolute Gasteiger partial charge is 0.346 e. The van der Waals surface area contributed by atoms with Crippen molar-refractivity contribution in [3.63, 3.8) is 0 Å². The average molecular weight is 307 g/mol. The standard InChI is InChI=1S/C14H13NO3S2/c16-12-3-1-2-11-10(5-7-19-11)15(12)8-9-4-6-20-13(9)14(17)18/h4-7H,1-3,8H2,(H,17,18). The monoisotopic (exact) mass is 307 g/mol. The Morgan fingerprint density at radius 3 is 2.85 bits per heavy atom. The second-order valence-electron chi connectivity index (χ2n) is 4.64. The van der Waals surface area contributed by atoms with Gasteiger partial charge in [-0.25, -0.2) is 4.79 Å². The molecule has 0 fully saturated rings. The molecule has 1 aliphatic rings. The SMILES string of the molecule is O=C(O)c1sccc1CN1C(=O)CCCc2sccc21. The number of rotatable bonds is 3. The number of carboxylic acid groups (broad SMARTS) is 1. The zero-order chi connectivity index (χ0) is 14.1. The average Bonchev–Trinajstić information content (AvgIpc) is 3.01. The number of anilines is 1. The summed E-state index contributed by atoms with van der Waals surface area (Å²) in [5.41, 5.74) is 1.65.